The van der Waals surface area contributed by atoms with Crippen LogP contribution in [0.1, 0.15) is 5.56 Å². The normalized spacial score (nSPS) is 10.5. The van der Waals surface area contributed by atoms with Gasteiger partial charge in [0, 0.05) is 26.7 Å². The fourth-order valence-electron chi connectivity index (χ4n) is 2.47. The van der Waals surface area contributed by atoms with Crippen molar-refractivity contribution in [3.8, 4) is 34.2 Å². The molecule has 1 heterocycles. The van der Waals surface area contributed by atoms with E-state index in [9.17, 15) is 10.4 Å². The number of rotatable bonds is 2. The first-order chi connectivity index (χ1) is 11.9. The second-order valence-corrected chi connectivity index (χ2v) is 6.44. The van der Waals surface area contributed by atoms with Crippen LogP contribution in [0.25, 0.3) is 22.4 Å². The minimum absolute atomic E-state index is 0.0189. The maximum atomic E-state index is 10.2. The van der Waals surface area contributed by atoms with Crippen LogP contribution in [0.4, 0.5) is 5.82 Å². The number of aromatic hydroxyl groups is 1. The number of benzene rings is 2. The van der Waals surface area contributed by atoms with Crippen LogP contribution in [-0.2, 0) is 0 Å². The number of phenolic OH excluding ortho intramolecular Hbond substituents is 1. The molecule has 25 heavy (non-hydrogen) atoms. The number of nitriles is 1. The van der Waals surface area contributed by atoms with E-state index in [1.807, 2.05) is 6.07 Å². The van der Waals surface area contributed by atoms with Gasteiger partial charge in [0.2, 0.25) is 0 Å². The van der Waals surface area contributed by atoms with E-state index in [1.165, 1.54) is 12.1 Å². The first-order valence-electron chi connectivity index (χ1n) is 7.06. The Morgan fingerprint density at radius 3 is 2.36 bits per heavy atom. The molecule has 3 rings (SSSR count). The van der Waals surface area contributed by atoms with Crippen LogP contribution in [0.15, 0.2) is 42.5 Å². The standard InChI is InChI=1S/C18H10Cl3N3O/c19-9-5-12(17(25)15(21)6-9)16-7-11(13(8-22)18(23)24-16)10-3-1-2-4-14(10)20/h1-7,25H,(H2,23,24). The van der Waals surface area contributed by atoms with E-state index in [4.69, 9.17) is 40.5 Å². The molecule has 4 nitrogen and oxygen atoms in total. The minimum Gasteiger partial charge on any atom is -0.506 e. The summed E-state index contributed by atoms with van der Waals surface area (Å²) in [5.74, 6) is -0.154. The molecule has 124 valence electrons. The summed E-state index contributed by atoms with van der Waals surface area (Å²) >= 11 is 18.3. The first-order valence-corrected chi connectivity index (χ1v) is 8.19. The molecule has 0 amide bonds. The molecular formula is C18H10Cl3N3O. The fourth-order valence-corrected chi connectivity index (χ4v) is 3.20. The average molecular weight is 391 g/mol. The van der Waals surface area contributed by atoms with E-state index in [2.05, 4.69) is 4.98 Å². The number of nitrogen functional groups attached to an aromatic ring is 1. The Morgan fingerprint density at radius 1 is 0.960 bits per heavy atom. The lowest BCUT2D eigenvalue weighted by molar-refractivity contribution is 0.477. The SMILES string of the molecule is N#Cc1c(-c2ccccc2Cl)cc(-c2cc(Cl)cc(Cl)c2O)nc1N. The van der Waals surface area contributed by atoms with Crippen molar-refractivity contribution in [2.45, 2.75) is 0 Å². The average Bonchev–Trinajstić information content (AvgIpc) is 2.58. The molecule has 7 heteroatoms. The van der Waals surface area contributed by atoms with Gasteiger partial charge in [-0.25, -0.2) is 4.98 Å². The molecule has 0 aliphatic heterocycles. The molecule has 0 aliphatic rings. The molecular weight excluding hydrogens is 381 g/mol. The van der Waals surface area contributed by atoms with Gasteiger partial charge in [-0.1, -0.05) is 53.0 Å². The van der Waals surface area contributed by atoms with Gasteiger partial charge in [-0.05, 0) is 24.3 Å². The van der Waals surface area contributed by atoms with Crippen LogP contribution >= 0.6 is 34.8 Å². The second kappa shape index (κ2) is 6.81. The largest absolute Gasteiger partial charge is 0.506 e. The van der Waals surface area contributed by atoms with E-state index < -0.39 is 0 Å². The Labute approximate surface area is 159 Å². The van der Waals surface area contributed by atoms with Crippen molar-refractivity contribution in [2.75, 3.05) is 5.73 Å². The molecule has 0 atom stereocenters. The van der Waals surface area contributed by atoms with Gasteiger partial charge in [-0.15, -0.1) is 0 Å². The van der Waals surface area contributed by atoms with E-state index in [0.29, 0.717) is 32.4 Å². The van der Waals surface area contributed by atoms with Gasteiger partial charge in [-0.3, -0.25) is 0 Å². The van der Waals surface area contributed by atoms with E-state index in [-0.39, 0.29) is 22.2 Å². The van der Waals surface area contributed by atoms with Gasteiger partial charge in [0.1, 0.15) is 23.2 Å². The third kappa shape index (κ3) is 3.22. The third-order valence-corrected chi connectivity index (χ3v) is 4.46. The highest BCUT2D eigenvalue weighted by molar-refractivity contribution is 6.36. The zero-order chi connectivity index (χ0) is 18.1. The molecule has 0 radical (unpaired) electrons. The quantitative estimate of drug-likeness (QED) is 0.602. The Morgan fingerprint density at radius 2 is 1.68 bits per heavy atom. The van der Waals surface area contributed by atoms with Crippen molar-refractivity contribution in [2.24, 2.45) is 0 Å². The lowest BCUT2D eigenvalue weighted by atomic mass is 9.98. The molecule has 0 saturated heterocycles. The summed E-state index contributed by atoms with van der Waals surface area (Å²) in [4.78, 5) is 4.21. The van der Waals surface area contributed by atoms with Crippen LogP contribution in [-0.4, -0.2) is 10.1 Å². The van der Waals surface area contributed by atoms with Crippen molar-refractivity contribution < 1.29 is 5.11 Å². The molecule has 2 aromatic carbocycles. The summed E-state index contributed by atoms with van der Waals surface area (Å²) in [7, 11) is 0. The van der Waals surface area contributed by atoms with Crippen LogP contribution in [0.5, 0.6) is 5.75 Å². The summed E-state index contributed by atoms with van der Waals surface area (Å²) in [5.41, 5.74) is 7.93. The fraction of sp³-hybridized carbons (Fsp3) is 0. The number of nitrogens with two attached hydrogens (primary N) is 1. The van der Waals surface area contributed by atoms with Crippen molar-refractivity contribution in [3.05, 3.63) is 63.1 Å². The Bertz CT molecular complexity index is 1030. The topological polar surface area (TPSA) is 82.9 Å². The van der Waals surface area contributed by atoms with E-state index in [1.54, 1.807) is 30.3 Å². The maximum Gasteiger partial charge on any atom is 0.143 e. The molecule has 0 spiro atoms. The number of halogens is 3. The molecule has 3 N–H and O–H groups in total. The predicted octanol–water partition coefficient (Wildman–Crippen LogP) is 5.54. The van der Waals surface area contributed by atoms with Gasteiger partial charge in [0.05, 0.1) is 10.7 Å². The molecule has 0 aliphatic carbocycles. The summed E-state index contributed by atoms with van der Waals surface area (Å²) in [6.07, 6.45) is 0. The van der Waals surface area contributed by atoms with E-state index >= 15 is 0 Å². The molecule has 1 aromatic heterocycles. The molecule has 0 bridgehead atoms. The second-order valence-electron chi connectivity index (χ2n) is 5.19. The zero-order valence-electron chi connectivity index (χ0n) is 12.6. The van der Waals surface area contributed by atoms with Crippen LogP contribution in [0.3, 0.4) is 0 Å². The molecule has 0 fully saturated rings. The number of phenols is 1. The van der Waals surface area contributed by atoms with Gasteiger partial charge < -0.3 is 10.8 Å². The Kier molecular flexibility index (Phi) is 4.73. The Balaban J connectivity index is 2.33. The van der Waals surface area contributed by atoms with Crippen molar-refractivity contribution in [1.29, 1.82) is 5.26 Å². The number of hydrogen-bond acceptors (Lipinski definition) is 4. The summed E-state index contributed by atoms with van der Waals surface area (Å²) in [6.45, 7) is 0. The van der Waals surface area contributed by atoms with Crippen molar-refractivity contribution in [3.63, 3.8) is 0 Å². The number of nitrogens with zero attached hydrogens (tertiary/aromatic N) is 2. The molecule has 3 aromatic rings. The lowest BCUT2D eigenvalue weighted by Gasteiger charge is -2.13. The zero-order valence-corrected chi connectivity index (χ0v) is 14.9. The van der Waals surface area contributed by atoms with Crippen LogP contribution in [0.2, 0.25) is 15.1 Å². The summed E-state index contributed by atoms with van der Waals surface area (Å²) < 4.78 is 0. The summed E-state index contributed by atoms with van der Waals surface area (Å²) in [5, 5.41) is 20.6. The number of pyridine rings is 1. The van der Waals surface area contributed by atoms with Gasteiger partial charge in [0.25, 0.3) is 0 Å². The smallest absolute Gasteiger partial charge is 0.143 e. The first kappa shape index (κ1) is 17.4. The van der Waals surface area contributed by atoms with Crippen molar-refractivity contribution >= 4 is 40.6 Å². The third-order valence-electron chi connectivity index (χ3n) is 3.63. The van der Waals surface area contributed by atoms with Gasteiger partial charge in [-0.2, -0.15) is 5.26 Å². The van der Waals surface area contributed by atoms with Gasteiger partial charge in [0.15, 0.2) is 0 Å². The number of anilines is 1. The van der Waals surface area contributed by atoms with Crippen molar-refractivity contribution in [1.82, 2.24) is 4.98 Å². The van der Waals surface area contributed by atoms with Crippen LogP contribution < -0.4 is 5.73 Å². The molecule has 0 unspecified atom stereocenters. The van der Waals surface area contributed by atoms with Crippen LogP contribution in [0, 0.1) is 11.3 Å². The highest BCUT2D eigenvalue weighted by Gasteiger charge is 2.18. The monoisotopic (exact) mass is 389 g/mol. The lowest BCUT2D eigenvalue weighted by Crippen LogP contribution is -2.00. The van der Waals surface area contributed by atoms with Gasteiger partial charge >= 0.3 is 0 Å². The number of aromatic nitrogens is 1. The summed E-state index contributed by atoms with van der Waals surface area (Å²) in [6, 6.07) is 13.7. The van der Waals surface area contributed by atoms with E-state index in [0.717, 1.165) is 0 Å². The minimum atomic E-state index is -0.173. The molecule has 0 saturated carbocycles. The number of hydrogen-bond donors (Lipinski definition) is 2. The Hall–Kier alpha value is -2.45. The maximum absolute atomic E-state index is 10.2. The predicted molar refractivity (Wildman–Crippen MR) is 101 cm³/mol. The highest BCUT2D eigenvalue weighted by atomic mass is 35.5. The highest BCUT2D eigenvalue weighted by Crippen LogP contribution is 2.40.